The maximum atomic E-state index is 6.41. The van der Waals surface area contributed by atoms with Gasteiger partial charge in [-0.1, -0.05) is 30.3 Å². The zero-order chi connectivity index (χ0) is 21.0. The van der Waals surface area contributed by atoms with Crippen LogP contribution in [0.15, 0.2) is 78.9 Å². The maximum Gasteiger partial charge on any atom is 0.143 e. The number of para-hydroxylation sites is 3. The van der Waals surface area contributed by atoms with Crippen molar-refractivity contribution in [3.63, 3.8) is 0 Å². The number of fused-ring (bicyclic) bond motifs is 1. The van der Waals surface area contributed by atoms with Gasteiger partial charge in [0.25, 0.3) is 0 Å². The number of hydrogen-bond acceptors (Lipinski definition) is 5. The van der Waals surface area contributed by atoms with Crippen molar-refractivity contribution in [1.82, 2.24) is 4.90 Å². The van der Waals surface area contributed by atoms with Gasteiger partial charge in [0.05, 0.1) is 19.3 Å². The van der Waals surface area contributed by atoms with Crippen molar-refractivity contribution in [2.75, 3.05) is 56.2 Å². The van der Waals surface area contributed by atoms with Crippen molar-refractivity contribution < 1.29 is 9.47 Å². The summed E-state index contributed by atoms with van der Waals surface area (Å²) in [6.45, 7) is 5.93. The number of benzene rings is 3. The molecule has 0 amide bonds. The molecule has 0 aromatic heterocycles. The molecule has 0 bridgehead atoms. The van der Waals surface area contributed by atoms with Crippen molar-refractivity contribution in [2.45, 2.75) is 6.10 Å². The zero-order valence-corrected chi connectivity index (χ0v) is 18.0. The molecule has 3 aromatic carbocycles. The minimum absolute atomic E-state index is 0.141. The van der Waals surface area contributed by atoms with E-state index < -0.39 is 0 Å². The van der Waals surface area contributed by atoms with E-state index in [1.807, 2.05) is 12.1 Å². The first-order valence-electron chi connectivity index (χ1n) is 11.0. The molecule has 5 nitrogen and oxygen atoms in total. The van der Waals surface area contributed by atoms with Crippen LogP contribution in [0.1, 0.15) is 0 Å². The second-order valence-electron chi connectivity index (χ2n) is 8.14. The smallest absolute Gasteiger partial charge is 0.143 e. The number of rotatable bonds is 5. The molecule has 2 heterocycles. The molecule has 1 unspecified atom stereocenters. The summed E-state index contributed by atoms with van der Waals surface area (Å²) in [5, 5.41) is 0. The average molecular weight is 416 g/mol. The third-order valence-electron chi connectivity index (χ3n) is 6.18. The SMILES string of the molecule is COc1ccc(N2CCN(CC3CN(c4ccccc4)c4ccccc4O3)CC2)cc1. The molecule has 1 atom stereocenters. The Hall–Kier alpha value is -3.18. The summed E-state index contributed by atoms with van der Waals surface area (Å²) >= 11 is 0. The molecule has 1 saturated heterocycles. The Kier molecular flexibility index (Phi) is 5.67. The molecule has 0 N–H and O–H groups in total. The van der Waals surface area contributed by atoms with Crippen LogP contribution in [0.3, 0.4) is 0 Å². The van der Waals surface area contributed by atoms with Gasteiger partial charge in [-0.05, 0) is 48.5 Å². The summed E-state index contributed by atoms with van der Waals surface area (Å²) in [6, 6.07) is 27.3. The van der Waals surface area contributed by atoms with Crippen LogP contribution in [-0.4, -0.2) is 57.4 Å². The van der Waals surface area contributed by atoms with Crippen molar-refractivity contribution in [3.8, 4) is 11.5 Å². The lowest BCUT2D eigenvalue weighted by molar-refractivity contribution is 0.127. The van der Waals surface area contributed by atoms with Gasteiger partial charge in [0, 0.05) is 44.1 Å². The molecular formula is C26H29N3O2. The standard InChI is InChI=1S/C26H29N3O2/c1-30-23-13-11-21(12-14-23)28-17-15-27(16-18-28)19-24-20-29(22-7-3-2-4-8-22)25-9-5-6-10-26(25)31-24/h2-14,24H,15-20H2,1H3. The van der Waals surface area contributed by atoms with Crippen LogP contribution in [0.25, 0.3) is 0 Å². The van der Waals surface area contributed by atoms with Gasteiger partial charge in [-0.25, -0.2) is 0 Å². The number of anilines is 3. The molecule has 2 aliphatic heterocycles. The van der Waals surface area contributed by atoms with Crippen LogP contribution in [0.5, 0.6) is 11.5 Å². The van der Waals surface area contributed by atoms with Gasteiger partial charge in [-0.2, -0.15) is 0 Å². The number of nitrogens with zero attached hydrogens (tertiary/aromatic N) is 3. The van der Waals surface area contributed by atoms with Crippen molar-refractivity contribution in [1.29, 1.82) is 0 Å². The van der Waals surface area contributed by atoms with E-state index in [4.69, 9.17) is 9.47 Å². The molecule has 160 valence electrons. The topological polar surface area (TPSA) is 28.2 Å². The fraction of sp³-hybridized carbons (Fsp3) is 0.308. The highest BCUT2D eigenvalue weighted by atomic mass is 16.5. The highest BCUT2D eigenvalue weighted by Gasteiger charge is 2.29. The molecule has 5 heteroatoms. The third kappa shape index (κ3) is 4.32. The van der Waals surface area contributed by atoms with Crippen LogP contribution in [0.2, 0.25) is 0 Å². The van der Waals surface area contributed by atoms with Gasteiger partial charge in [-0.15, -0.1) is 0 Å². The summed E-state index contributed by atoms with van der Waals surface area (Å²) in [5.41, 5.74) is 3.63. The number of piperazine rings is 1. The molecule has 1 fully saturated rings. The summed E-state index contributed by atoms with van der Waals surface area (Å²) in [4.78, 5) is 7.36. The van der Waals surface area contributed by atoms with E-state index in [1.54, 1.807) is 7.11 Å². The van der Waals surface area contributed by atoms with Crippen LogP contribution in [0.4, 0.5) is 17.1 Å². The Balaban J connectivity index is 1.24. The van der Waals surface area contributed by atoms with Crippen molar-refractivity contribution in [2.24, 2.45) is 0 Å². The minimum atomic E-state index is 0.141. The predicted octanol–water partition coefficient (Wildman–Crippen LogP) is 4.42. The number of ether oxygens (including phenoxy) is 2. The molecule has 0 saturated carbocycles. The normalized spacial score (nSPS) is 18.9. The van der Waals surface area contributed by atoms with Gasteiger partial charge in [0.2, 0.25) is 0 Å². The number of hydrogen-bond donors (Lipinski definition) is 0. The first-order chi connectivity index (χ1) is 15.3. The molecule has 31 heavy (non-hydrogen) atoms. The first-order valence-corrected chi connectivity index (χ1v) is 11.0. The summed E-state index contributed by atoms with van der Waals surface area (Å²) in [6.07, 6.45) is 0.141. The Labute approximate surface area is 184 Å². The van der Waals surface area contributed by atoms with E-state index >= 15 is 0 Å². The number of methoxy groups -OCH3 is 1. The molecule has 0 aliphatic carbocycles. The largest absolute Gasteiger partial charge is 0.497 e. The van der Waals surface area contributed by atoms with E-state index in [2.05, 4.69) is 81.4 Å². The van der Waals surface area contributed by atoms with Crippen molar-refractivity contribution >= 4 is 17.1 Å². The van der Waals surface area contributed by atoms with Gasteiger partial charge >= 0.3 is 0 Å². The zero-order valence-electron chi connectivity index (χ0n) is 18.0. The fourth-order valence-electron chi connectivity index (χ4n) is 4.52. The van der Waals surface area contributed by atoms with Crippen LogP contribution >= 0.6 is 0 Å². The van der Waals surface area contributed by atoms with E-state index in [-0.39, 0.29) is 6.10 Å². The third-order valence-corrected chi connectivity index (χ3v) is 6.18. The van der Waals surface area contributed by atoms with Crippen LogP contribution in [0, 0.1) is 0 Å². The molecule has 0 radical (unpaired) electrons. The van der Waals surface area contributed by atoms with E-state index in [0.29, 0.717) is 0 Å². The highest BCUT2D eigenvalue weighted by Crippen LogP contribution is 2.38. The lowest BCUT2D eigenvalue weighted by atomic mass is 10.1. The average Bonchev–Trinajstić information content (AvgIpc) is 2.85. The van der Waals surface area contributed by atoms with E-state index in [9.17, 15) is 0 Å². The van der Waals surface area contributed by atoms with Crippen LogP contribution < -0.4 is 19.3 Å². The Bertz CT molecular complexity index is 985. The molecule has 0 spiro atoms. The first kappa shape index (κ1) is 19.8. The Morgan fingerprint density at radius 3 is 2.26 bits per heavy atom. The minimum Gasteiger partial charge on any atom is -0.497 e. The van der Waals surface area contributed by atoms with E-state index in [0.717, 1.165) is 56.5 Å². The molecule has 5 rings (SSSR count). The summed E-state index contributed by atoms with van der Waals surface area (Å²) in [7, 11) is 1.71. The van der Waals surface area contributed by atoms with Crippen molar-refractivity contribution in [3.05, 3.63) is 78.9 Å². The molecule has 3 aromatic rings. The molecular weight excluding hydrogens is 386 g/mol. The molecule has 2 aliphatic rings. The monoisotopic (exact) mass is 415 g/mol. The van der Waals surface area contributed by atoms with Gasteiger partial charge < -0.3 is 19.3 Å². The lowest BCUT2D eigenvalue weighted by Crippen LogP contribution is -2.51. The van der Waals surface area contributed by atoms with Crippen LogP contribution in [-0.2, 0) is 0 Å². The maximum absolute atomic E-state index is 6.41. The predicted molar refractivity (Wildman–Crippen MR) is 126 cm³/mol. The highest BCUT2D eigenvalue weighted by molar-refractivity contribution is 5.70. The van der Waals surface area contributed by atoms with E-state index in [1.165, 1.54) is 11.4 Å². The van der Waals surface area contributed by atoms with Gasteiger partial charge in [-0.3, -0.25) is 4.90 Å². The second kappa shape index (κ2) is 8.90. The van der Waals surface area contributed by atoms with Gasteiger partial charge in [0.1, 0.15) is 17.6 Å². The second-order valence-corrected chi connectivity index (χ2v) is 8.14. The quantitative estimate of drug-likeness (QED) is 0.615. The summed E-state index contributed by atoms with van der Waals surface area (Å²) in [5.74, 6) is 1.87. The van der Waals surface area contributed by atoms with Gasteiger partial charge in [0.15, 0.2) is 0 Å². The Morgan fingerprint density at radius 2 is 1.52 bits per heavy atom. The lowest BCUT2D eigenvalue weighted by Gasteiger charge is -2.41. The fourth-order valence-corrected chi connectivity index (χ4v) is 4.52. The Morgan fingerprint density at radius 1 is 0.806 bits per heavy atom. The summed E-state index contributed by atoms with van der Waals surface area (Å²) < 4.78 is 11.7.